The molecule has 1 saturated heterocycles. The van der Waals surface area contributed by atoms with Crippen molar-refractivity contribution in [3.05, 3.63) is 0 Å². The molecule has 0 aromatic carbocycles. The van der Waals surface area contributed by atoms with Crippen LogP contribution >= 0.6 is 0 Å². The van der Waals surface area contributed by atoms with Crippen LogP contribution in [0.5, 0.6) is 0 Å². The van der Waals surface area contributed by atoms with Crippen LogP contribution in [-0.2, 0) is 4.74 Å². The summed E-state index contributed by atoms with van der Waals surface area (Å²) < 4.78 is 6.05. The van der Waals surface area contributed by atoms with Gasteiger partial charge in [-0.3, -0.25) is 0 Å². The highest BCUT2D eigenvalue weighted by Gasteiger charge is 2.42. The van der Waals surface area contributed by atoms with Crippen LogP contribution in [0.2, 0.25) is 0 Å². The second-order valence-corrected chi connectivity index (χ2v) is 7.78. The third-order valence-electron chi connectivity index (χ3n) is 6.63. The average Bonchev–Trinajstić information content (AvgIpc) is 2.58. The normalized spacial score (nSPS) is 42.1. The first-order chi connectivity index (χ1) is 9.66. The van der Waals surface area contributed by atoms with Gasteiger partial charge in [-0.1, -0.05) is 26.2 Å². The standard InChI is InChI=1S/C18H32O2/c1-12-9-10-14-5-4-8-16(17(14)11-20-12)13(2)18(19)15-6-3-7-15/h12-19H,3-11H2,1-2H3/t12?,13-,14-,16+,17?,18?/m1/s1. The molecule has 116 valence electrons. The fourth-order valence-electron chi connectivity index (χ4n) is 4.94. The van der Waals surface area contributed by atoms with Gasteiger partial charge < -0.3 is 9.84 Å². The summed E-state index contributed by atoms with van der Waals surface area (Å²) in [6.07, 6.45) is 10.8. The summed E-state index contributed by atoms with van der Waals surface area (Å²) in [6.45, 7) is 5.47. The van der Waals surface area contributed by atoms with Crippen molar-refractivity contribution in [2.75, 3.05) is 6.61 Å². The second-order valence-electron chi connectivity index (χ2n) is 7.78. The molecule has 0 aromatic heterocycles. The number of hydrogen-bond donors (Lipinski definition) is 1. The highest BCUT2D eigenvalue weighted by atomic mass is 16.5. The summed E-state index contributed by atoms with van der Waals surface area (Å²) in [4.78, 5) is 0. The zero-order valence-corrected chi connectivity index (χ0v) is 13.3. The van der Waals surface area contributed by atoms with Gasteiger partial charge in [0.15, 0.2) is 0 Å². The molecule has 0 bridgehead atoms. The van der Waals surface area contributed by atoms with Gasteiger partial charge in [0, 0.05) is 0 Å². The van der Waals surface area contributed by atoms with Crippen molar-refractivity contribution in [1.82, 2.24) is 0 Å². The molecule has 1 heterocycles. The van der Waals surface area contributed by atoms with Crippen LogP contribution in [0.4, 0.5) is 0 Å². The minimum Gasteiger partial charge on any atom is -0.393 e. The van der Waals surface area contributed by atoms with Crippen molar-refractivity contribution in [2.24, 2.45) is 29.6 Å². The molecule has 0 aromatic rings. The predicted octanol–water partition coefficient (Wildman–Crippen LogP) is 4.01. The Morgan fingerprint density at radius 2 is 1.75 bits per heavy atom. The quantitative estimate of drug-likeness (QED) is 0.846. The molecule has 1 N–H and O–H groups in total. The van der Waals surface area contributed by atoms with E-state index >= 15 is 0 Å². The molecule has 20 heavy (non-hydrogen) atoms. The monoisotopic (exact) mass is 280 g/mol. The molecule has 3 aliphatic rings. The van der Waals surface area contributed by atoms with Crippen LogP contribution < -0.4 is 0 Å². The minimum atomic E-state index is -0.0619. The fraction of sp³-hybridized carbons (Fsp3) is 1.00. The Labute approximate surface area is 124 Å². The summed E-state index contributed by atoms with van der Waals surface area (Å²) >= 11 is 0. The zero-order chi connectivity index (χ0) is 14.1. The Hall–Kier alpha value is -0.0800. The second kappa shape index (κ2) is 6.36. The Morgan fingerprint density at radius 1 is 1.00 bits per heavy atom. The third kappa shape index (κ3) is 2.92. The summed E-state index contributed by atoms with van der Waals surface area (Å²) in [7, 11) is 0. The molecule has 6 atom stereocenters. The Kier molecular flexibility index (Phi) is 4.72. The van der Waals surface area contributed by atoms with Gasteiger partial charge in [-0.25, -0.2) is 0 Å². The van der Waals surface area contributed by atoms with E-state index in [0.717, 1.165) is 12.5 Å². The van der Waals surface area contributed by atoms with Gasteiger partial charge in [-0.2, -0.15) is 0 Å². The van der Waals surface area contributed by atoms with Crippen molar-refractivity contribution in [2.45, 2.75) is 77.4 Å². The fourth-order valence-corrected chi connectivity index (χ4v) is 4.94. The van der Waals surface area contributed by atoms with Crippen molar-refractivity contribution >= 4 is 0 Å². The first-order valence-electron chi connectivity index (χ1n) is 8.96. The third-order valence-corrected chi connectivity index (χ3v) is 6.63. The largest absolute Gasteiger partial charge is 0.393 e. The summed E-state index contributed by atoms with van der Waals surface area (Å²) in [5.41, 5.74) is 0. The highest BCUT2D eigenvalue weighted by molar-refractivity contribution is 4.91. The van der Waals surface area contributed by atoms with E-state index in [1.807, 2.05) is 0 Å². The number of aliphatic hydroxyl groups is 1. The lowest BCUT2D eigenvalue weighted by atomic mass is 9.63. The van der Waals surface area contributed by atoms with E-state index in [4.69, 9.17) is 4.74 Å². The molecule has 2 aliphatic carbocycles. The van der Waals surface area contributed by atoms with Crippen LogP contribution in [0.3, 0.4) is 0 Å². The van der Waals surface area contributed by atoms with Gasteiger partial charge in [0.2, 0.25) is 0 Å². The lowest BCUT2D eigenvalue weighted by Crippen LogP contribution is -2.42. The summed E-state index contributed by atoms with van der Waals surface area (Å²) in [5, 5.41) is 10.7. The molecular weight excluding hydrogens is 248 g/mol. The summed E-state index contributed by atoms with van der Waals surface area (Å²) in [5.74, 6) is 3.31. The molecule has 3 fully saturated rings. The number of ether oxygens (including phenoxy) is 1. The Balaban J connectivity index is 1.67. The van der Waals surface area contributed by atoms with E-state index in [1.54, 1.807) is 0 Å². The molecule has 3 rings (SSSR count). The molecule has 2 saturated carbocycles. The minimum absolute atomic E-state index is 0.0619. The highest BCUT2D eigenvalue weighted by Crippen LogP contribution is 2.46. The van der Waals surface area contributed by atoms with Crippen molar-refractivity contribution in [3.63, 3.8) is 0 Å². The van der Waals surface area contributed by atoms with E-state index < -0.39 is 0 Å². The first kappa shape index (κ1) is 14.8. The van der Waals surface area contributed by atoms with E-state index in [-0.39, 0.29) is 6.10 Å². The van der Waals surface area contributed by atoms with Crippen LogP contribution in [-0.4, -0.2) is 23.9 Å². The molecule has 2 heteroatoms. The number of fused-ring (bicyclic) bond motifs is 1. The predicted molar refractivity (Wildman–Crippen MR) is 81.5 cm³/mol. The van der Waals surface area contributed by atoms with Gasteiger partial charge in [0.25, 0.3) is 0 Å². The SMILES string of the molecule is CC1CC[C@H]2CCC[C@@H]([C@@H](C)C(O)C3CCC3)C2CO1. The number of rotatable bonds is 3. The molecule has 3 unspecified atom stereocenters. The van der Waals surface area contributed by atoms with Gasteiger partial charge in [0.1, 0.15) is 0 Å². The Bertz CT molecular complexity index is 313. The van der Waals surface area contributed by atoms with Gasteiger partial charge in [-0.15, -0.1) is 0 Å². The summed E-state index contributed by atoms with van der Waals surface area (Å²) in [6, 6.07) is 0. The van der Waals surface area contributed by atoms with Crippen LogP contribution in [0.25, 0.3) is 0 Å². The van der Waals surface area contributed by atoms with Crippen molar-refractivity contribution < 1.29 is 9.84 Å². The smallest absolute Gasteiger partial charge is 0.0596 e. The van der Waals surface area contributed by atoms with Crippen molar-refractivity contribution in [1.29, 1.82) is 0 Å². The molecule has 0 amide bonds. The maximum Gasteiger partial charge on any atom is 0.0596 e. The van der Waals surface area contributed by atoms with E-state index in [9.17, 15) is 5.11 Å². The van der Waals surface area contributed by atoms with E-state index in [1.165, 1.54) is 51.4 Å². The van der Waals surface area contributed by atoms with Crippen LogP contribution in [0, 0.1) is 29.6 Å². The number of aliphatic hydroxyl groups excluding tert-OH is 1. The van der Waals surface area contributed by atoms with Gasteiger partial charge >= 0.3 is 0 Å². The maximum atomic E-state index is 10.7. The molecule has 0 spiro atoms. The molecular formula is C18H32O2. The van der Waals surface area contributed by atoms with Crippen LogP contribution in [0.1, 0.15) is 65.2 Å². The molecule has 1 aliphatic heterocycles. The van der Waals surface area contributed by atoms with Gasteiger partial charge in [0.05, 0.1) is 18.8 Å². The van der Waals surface area contributed by atoms with Crippen molar-refractivity contribution in [3.8, 4) is 0 Å². The van der Waals surface area contributed by atoms with Crippen LogP contribution in [0.15, 0.2) is 0 Å². The van der Waals surface area contributed by atoms with E-state index in [0.29, 0.717) is 29.8 Å². The van der Waals surface area contributed by atoms with E-state index in [2.05, 4.69) is 13.8 Å². The lowest BCUT2D eigenvalue weighted by molar-refractivity contribution is -0.0491. The van der Waals surface area contributed by atoms with Gasteiger partial charge in [-0.05, 0) is 68.6 Å². The topological polar surface area (TPSA) is 29.5 Å². The lowest BCUT2D eigenvalue weighted by Gasteiger charge is -2.44. The molecule has 0 radical (unpaired) electrons. The number of hydrogen-bond acceptors (Lipinski definition) is 2. The zero-order valence-electron chi connectivity index (χ0n) is 13.3. The molecule has 2 nitrogen and oxygen atoms in total. The Morgan fingerprint density at radius 3 is 2.45 bits per heavy atom. The average molecular weight is 280 g/mol. The first-order valence-corrected chi connectivity index (χ1v) is 8.96. The maximum absolute atomic E-state index is 10.7.